The zero-order valence-electron chi connectivity index (χ0n) is 14.4. The average molecular weight is 282 g/mol. The summed E-state index contributed by atoms with van der Waals surface area (Å²) in [6, 6.07) is 0. The van der Waals surface area contributed by atoms with Crippen molar-refractivity contribution in [3.8, 4) is 0 Å². The Morgan fingerprint density at radius 3 is 2.35 bits per heavy atom. The maximum atomic E-state index is 13.1. The predicted octanol–water partition coefficient (Wildman–Crippen LogP) is 3.30. The lowest BCUT2D eigenvalue weighted by Crippen LogP contribution is -2.49. The van der Waals surface area contributed by atoms with Crippen molar-refractivity contribution in [3.05, 3.63) is 0 Å². The van der Waals surface area contributed by atoms with E-state index in [1.54, 1.807) is 0 Å². The second-order valence-electron chi connectivity index (χ2n) is 7.97. The molecule has 20 heavy (non-hydrogen) atoms. The highest BCUT2D eigenvalue weighted by atomic mass is 16.2. The van der Waals surface area contributed by atoms with Gasteiger partial charge in [0.2, 0.25) is 5.91 Å². The van der Waals surface area contributed by atoms with Gasteiger partial charge in [0.1, 0.15) is 0 Å². The fourth-order valence-corrected chi connectivity index (χ4v) is 3.91. The van der Waals surface area contributed by atoms with E-state index < -0.39 is 0 Å². The molecule has 0 saturated carbocycles. The zero-order valence-corrected chi connectivity index (χ0v) is 14.4. The molecule has 0 aromatic rings. The van der Waals surface area contributed by atoms with Gasteiger partial charge in [0.05, 0.1) is 0 Å². The van der Waals surface area contributed by atoms with Crippen LogP contribution in [0, 0.1) is 16.7 Å². The summed E-state index contributed by atoms with van der Waals surface area (Å²) >= 11 is 0. The number of carbonyl (C=O) groups is 1. The molecule has 1 atom stereocenters. The average Bonchev–Trinajstić information content (AvgIpc) is 2.54. The van der Waals surface area contributed by atoms with E-state index in [9.17, 15) is 4.79 Å². The van der Waals surface area contributed by atoms with Crippen molar-refractivity contribution in [3.63, 3.8) is 0 Å². The zero-order chi connectivity index (χ0) is 15.4. The summed E-state index contributed by atoms with van der Waals surface area (Å²) in [7, 11) is 0. The molecule has 1 unspecified atom stereocenters. The first kappa shape index (κ1) is 17.5. The molecular formula is C17H34N2O. The lowest BCUT2D eigenvalue weighted by Gasteiger charge is -2.44. The third-order valence-electron chi connectivity index (χ3n) is 4.44. The molecule has 1 heterocycles. The molecule has 0 aromatic heterocycles. The van der Waals surface area contributed by atoms with E-state index in [1.165, 1.54) is 0 Å². The van der Waals surface area contributed by atoms with Gasteiger partial charge in [-0.05, 0) is 30.2 Å². The quantitative estimate of drug-likeness (QED) is 0.858. The monoisotopic (exact) mass is 282 g/mol. The number of carbonyl (C=O) groups excluding carboxylic acids is 1. The summed E-state index contributed by atoms with van der Waals surface area (Å²) in [4.78, 5) is 15.2. The largest absolute Gasteiger partial charge is 0.341 e. The lowest BCUT2D eigenvalue weighted by atomic mass is 9.63. The van der Waals surface area contributed by atoms with Crippen molar-refractivity contribution in [1.29, 1.82) is 0 Å². The van der Waals surface area contributed by atoms with Crippen LogP contribution in [0.25, 0.3) is 0 Å². The van der Waals surface area contributed by atoms with Crippen LogP contribution in [0.2, 0.25) is 0 Å². The molecular weight excluding hydrogens is 248 g/mol. The van der Waals surface area contributed by atoms with Crippen LogP contribution >= 0.6 is 0 Å². The molecule has 1 aliphatic heterocycles. The molecule has 0 radical (unpaired) electrons. The highest BCUT2D eigenvalue weighted by Gasteiger charge is 2.44. The molecule has 1 amide bonds. The summed E-state index contributed by atoms with van der Waals surface area (Å²) in [5.74, 6) is 0.452. The molecule has 3 nitrogen and oxygen atoms in total. The summed E-state index contributed by atoms with van der Waals surface area (Å²) < 4.78 is 0. The maximum Gasteiger partial charge on any atom is 0.226 e. The van der Waals surface area contributed by atoms with E-state index in [4.69, 9.17) is 0 Å². The Balaban J connectivity index is 2.95. The number of amides is 1. The van der Waals surface area contributed by atoms with Crippen LogP contribution in [-0.4, -0.2) is 37.0 Å². The Morgan fingerprint density at radius 2 is 1.80 bits per heavy atom. The van der Waals surface area contributed by atoms with Gasteiger partial charge in [0, 0.05) is 25.6 Å². The number of nitrogens with one attached hydrogen (secondary N) is 1. The van der Waals surface area contributed by atoms with Crippen LogP contribution in [0.5, 0.6) is 0 Å². The Bertz CT molecular complexity index is 309. The van der Waals surface area contributed by atoms with Crippen LogP contribution in [0.1, 0.15) is 60.8 Å². The predicted molar refractivity (Wildman–Crippen MR) is 85.7 cm³/mol. The topological polar surface area (TPSA) is 32.3 Å². The molecule has 1 N–H and O–H groups in total. The molecule has 1 saturated heterocycles. The highest BCUT2D eigenvalue weighted by molar-refractivity contribution is 5.80. The molecule has 0 aromatic carbocycles. The Kier molecular flexibility index (Phi) is 6.06. The van der Waals surface area contributed by atoms with Gasteiger partial charge in [0.15, 0.2) is 0 Å². The van der Waals surface area contributed by atoms with Gasteiger partial charge < -0.3 is 10.2 Å². The van der Waals surface area contributed by atoms with Crippen molar-refractivity contribution in [2.24, 2.45) is 16.7 Å². The van der Waals surface area contributed by atoms with E-state index in [2.05, 4.69) is 51.8 Å². The lowest BCUT2D eigenvalue weighted by molar-refractivity contribution is -0.145. The van der Waals surface area contributed by atoms with Crippen molar-refractivity contribution >= 4 is 5.91 Å². The molecule has 0 bridgehead atoms. The Labute approximate surface area is 125 Å². The number of nitrogens with zero attached hydrogens (tertiary/aromatic N) is 1. The van der Waals surface area contributed by atoms with Gasteiger partial charge in [0.25, 0.3) is 0 Å². The minimum atomic E-state index is 0.00941. The maximum absolute atomic E-state index is 13.1. The first-order valence-corrected chi connectivity index (χ1v) is 8.19. The smallest absolute Gasteiger partial charge is 0.226 e. The molecule has 0 aliphatic carbocycles. The van der Waals surface area contributed by atoms with Crippen molar-refractivity contribution < 1.29 is 4.79 Å². The van der Waals surface area contributed by atoms with Gasteiger partial charge in [-0.3, -0.25) is 4.79 Å². The fourth-order valence-electron chi connectivity index (χ4n) is 3.91. The molecule has 3 heteroatoms. The van der Waals surface area contributed by atoms with Crippen LogP contribution in [-0.2, 0) is 4.79 Å². The van der Waals surface area contributed by atoms with Gasteiger partial charge in [-0.15, -0.1) is 0 Å². The minimum Gasteiger partial charge on any atom is -0.341 e. The van der Waals surface area contributed by atoms with Crippen molar-refractivity contribution in [2.75, 3.05) is 26.2 Å². The van der Waals surface area contributed by atoms with E-state index in [1.807, 2.05) is 0 Å². The summed E-state index contributed by atoms with van der Waals surface area (Å²) in [6.45, 7) is 17.1. The van der Waals surface area contributed by atoms with Gasteiger partial charge in [-0.25, -0.2) is 0 Å². The number of hydrogen-bond acceptors (Lipinski definition) is 2. The molecule has 0 spiro atoms. The molecule has 1 rings (SSSR count). The van der Waals surface area contributed by atoms with Crippen LogP contribution in [0.15, 0.2) is 0 Å². The number of rotatable bonds is 4. The first-order chi connectivity index (χ1) is 9.20. The van der Waals surface area contributed by atoms with Crippen LogP contribution in [0.3, 0.4) is 0 Å². The summed E-state index contributed by atoms with van der Waals surface area (Å²) in [5, 5.41) is 3.38. The first-order valence-electron chi connectivity index (χ1n) is 8.19. The second-order valence-corrected chi connectivity index (χ2v) is 7.97. The summed E-state index contributed by atoms with van der Waals surface area (Å²) in [6.07, 6.45) is 3.30. The standard InChI is InChI=1S/C17H34N2O/c1-7-9-17(5,6)14(16(2,3)4)15(20)19-12-8-10-18-11-13-19/h14,18H,7-13H2,1-6H3. The Hall–Kier alpha value is -0.570. The van der Waals surface area contributed by atoms with Crippen molar-refractivity contribution in [2.45, 2.75) is 60.8 Å². The normalized spacial score (nSPS) is 19.6. The van der Waals surface area contributed by atoms with E-state index in [0.29, 0.717) is 5.91 Å². The highest BCUT2D eigenvalue weighted by Crippen LogP contribution is 2.44. The SMILES string of the molecule is CCCC(C)(C)C(C(=O)N1CCCNCC1)C(C)(C)C. The van der Waals surface area contributed by atoms with E-state index in [0.717, 1.165) is 45.4 Å². The molecule has 118 valence electrons. The third kappa shape index (κ3) is 4.47. The number of hydrogen-bond donors (Lipinski definition) is 1. The van der Waals surface area contributed by atoms with E-state index >= 15 is 0 Å². The van der Waals surface area contributed by atoms with Crippen LogP contribution < -0.4 is 5.32 Å². The molecule has 1 aliphatic rings. The third-order valence-corrected chi connectivity index (χ3v) is 4.44. The van der Waals surface area contributed by atoms with Gasteiger partial charge >= 0.3 is 0 Å². The van der Waals surface area contributed by atoms with Gasteiger partial charge in [-0.1, -0.05) is 48.0 Å². The van der Waals surface area contributed by atoms with E-state index in [-0.39, 0.29) is 16.7 Å². The van der Waals surface area contributed by atoms with Gasteiger partial charge in [-0.2, -0.15) is 0 Å². The van der Waals surface area contributed by atoms with Crippen LogP contribution in [0.4, 0.5) is 0 Å². The molecule has 1 fully saturated rings. The Morgan fingerprint density at radius 1 is 1.15 bits per heavy atom. The van der Waals surface area contributed by atoms with Crippen molar-refractivity contribution in [1.82, 2.24) is 10.2 Å². The fraction of sp³-hybridized carbons (Fsp3) is 0.941. The minimum absolute atomic E-state index is 0.00941. The summed E-state index contributed by atoms with van der Waals surface area (Å²) in [5.41, 5.74) is 0.0688. The second kappa shape index (κ2) is 6.93.